The maximum atomic E-state index is 12.4. The third kappa shape index (κ3) is 5.21. The van der Waals surface area contributed by atoms with Gasteiger partial charge in [-0.25, -0.2) is 8.42 Å². The lowest BCUT2D eigenvalue weighted by Crippen LogP contribution is -2.12. The summed E-state index contributed by atoms with van der Waals surface area (Å²) in [6, 6.07) is 16.6. The number of sulfonamides is 1. The van der Waals surface area contributed by atoms with Gasteiger partial charge in [0.15, 0.2) is 0 Å². The summed E-state index contributed by atoms with van der Waals surface area (Å²) >= 11 is 5.87. The maximum absolute atomic E-state index is 12.4. The van der Waals surface area contributed by atoms with E-state index in [0.29, 0.717) is 34.8 Å². The first-order chi connectivity index (χ1) is 13.3. The highest BCUT2D eigenvalue weighted by Gasteiger charge is 2.14. The molecule has 28 heavy (non-hydrogen) atoms. The van der Waals surface area contributed by atoms with E-state index >= 15 is 0 Å². The van der Waals surface area contributed by atoms with Gasteiger partial charge in [0.2, 0.25) is 5.88 Å². The van der Waals surface area contributed by atoms with Crippen molar-refractivity contribution in [1.82, 2.24) is 10.2 Å². The molecule has 8 heteroatoms. The van der Waals surface area contributed by atoms with Crippen molar-refractivity contribution >= 4 is 27.3 Å². The predicted molar refractivity (Wildman–Crippen MR) is 110 cm³/mol. The fourth-order valence-electron chi connectivity index (χ4n) is 2.36. The molecule has 2 aromatic carbocycles. The summed E-state index contributed by atoms with van der Waals surface area (Å²) in [5.74, 6) is 0.882. The van der Waals surface area contributed by atoms with Gasteiger partial charge in [0, 0.05) is 22.3 Å². The highest BCUT2D eigenvalue weighted by molar-refractivity contribution is 7.92. The van der Waals surface area contributed by atoms with Crippen molar-refractivity contribution in [1.29, 1.82) is 0 Å². The summed E-state index contributed by atoms with van der Waals surface area (Å²) in [4.78, 5) is 0.104. The Morgan fingerprint density at radius 1 is 1.04 bits per heavy atom. The van der Waals surface area contributed by atoms with Gasteiger partial charge in [0.1, 0.15) is 0 Å². The van der Waals surface area contributed by atoms with Crippen LogP contribution >= 0.6 is 11.6 Å². The predicted octanol–water partition coefficient (Wildman–Crippen LogP) is 4.63. The van der Waals surface area contributed by atoms with Crippen molar-refractivity contribution in [3.63, 3.8) is 0 Å². The standard InChI is InChI=1S/C20H20ClN3O3S/c1-14(2)13-27-20-11-10-19(22-23-20)15-6-8-17(9-7-15)24-28(25,26)18-5-3-4-16(21)12-18/h3-12,14,24H,13H2,1-2H3. The molecule has 0 aliphatic rings. The third-order valence-electron chi connectivity index (χ3n) is 3.74. The number of anilines is 1. The summed E-state index contributed by atoms with van der Waals surface area (Å²) in [5, 5.41) is 8.58. The zero-order valence-corrected chi connectivity index (χ0v) is 17.0. The summed E-state index contributed by atoms with van der Waals surface area (Å²) in [6.07, 6.45) is 0. The molecule has 6 nitrogen and oxygen atoms in total. The molecule has 0 fully saturated rings. The Morgan fingerprint density at radius 2 is 1.79 bits per heavy atom. The Hall–Kier alpha value is -2.64. The van der Waals surface area contributed by atoms with Gasteiger partial charge in [0.05, 0.1) is 17.2 Å². The molecule has 0 bridgehead atoms. The Kier molecular flexibility index (Phi) is 6.16. The van der Waals surface area contributed by atoms with Gasteiger partial charge in [-0.15, -0.1) is 10.2 Å². The fourth-order valence-corrected chi connectivity index (χ4v) is 3.72. The van der Waals surface area contributed by atoms with Gasteiger partial charge < -0.3 is 4.74 Å². The lowest BCUT2D eigenvalue weighted by Gasteiger charge is -2.09. The molecular formula is C20H20ClN3O3S. The number of nitrogens with one attached hydrogen (secondary N) is 1. The van der Waals surface area contributed by atoms with E-state index in [0.717, 1.165) is 5.56 Å². The first-order valence-corrected chi connectivity index (χ1v) is 10.5. The number of nitrogens with zero attached hydrogens (tertiary/aromatic N) is 2. The van der Waals surface area contributed by atoms with E-state index in [1.807, 2.05) is 6.07 Å². The van der Waals surface area contributed by atoms with Crippen LogP contribution < -0.4 is 9.46 Å². The second-order valence-electron chi connectivity index (χ2n) is 6.60. The van der Waals surface area contributed by atoms with Crippen molar-refractivity contribution in [2.75, 3.05) is 11.3 Å². The van der Waals surface area contributed by atoms with Crippen LogP contribution in [0.1, 0.15) is 13.8 Å². The fraction of sp³-hybridized carbons (Fsp3) is 0.200. The minimum Gasteiger partial charge on any atom is -0.476 e. The summed E-state index contributed by atoms with van der Waals surface area (Å²) in [6.45, 7) is 4.70. The average molecular weight is 418 g/mol. The molecular weight excluding hydrogens is 398 g/mol. The van der Waals surface area contributed by atoms with E-state index in [2.05, 4.69) is 28.8 Å². The average Bonchev–Trinajstić information content (AvgIpc) is 2.67. The lowest BCUT2D eigenvalue weighted by atomic mass is 10.1. The molecule has 0 aliphatic heterocycles. The number of halogens is 1. The van der Waals surface area contributed by atoms with E-state index in [1.54, 1.807) is 42.5 Å². The maximum Gasteiger partial charge on any atom is 0.261 e. The van der Waals surface area contributed by atoms with Gasteiger partial charge in [0.25, 0.3) is 10.0 Å². The van der Waals surface area contributed by atoms with Crippen LogP contribution in [0.15, 0.2) is 65.6 Å². The van der Waals surface area contributed by atoms with Crippen molar-refractivity contribution in [3.8, 4) is 17.1 Å². The molecule has 0 saturated carbocycles. The minimum atomic E-state index is -3.71. The molecule has 0 radical (unpaired) electrons. The monoisotopic (exact) mass is 417 g/mol. The number of hydrogen-bond acceptors (Lipinski definition) is 5. The van der Waals surface area contributed by atoms with Gasteiger partial charge in [-0.2, -0.15) is 0 Å². The Morgan fingerprint density at radius 3 is 2.39 bits per heavy atom. The first kappa shape index (κ1) is 20.1. The Bertz CT molecular complexity index is 1040. The third-order valence-corrected chi connectivity index (χ3v) is 5.36. The van der Waals surface area contributed by atoms with Crippen LogP contribution in [0, 0.1) is 5.92 Å². The molecule has 3 aromatic rings. The number of hydrogen-bond donors (Lipinski definition) is 1. The van der Waals surface area contributed by atoms with E-state index < -0.39 is 10.0 Å². The number of benzene rings is 2. The second kappa shape index (κ2) is 8.58. The van der Waals surface area contributed by atoms with Crippen LogP contribution in [0.25, 0.3) is 11.3 Å². The molecule has 1 aromatic heterocycles. The minimum absolute atomic E-state index is 0.104. The van der Waals surface area contributed by atoms with Crippen LogP contribution in [-0.4, -0.2) is 25.2 Å². The highest BCUT2D eigenvalue weighted by Crippen LogP contribution is 2.23. The molecule has 146 valence electrons. The SMILES string of the molecule is CC(C)COc1ccc(-c2ccc(NS(=O)(=O)c3cccc(Cl)c3)cc2)nn1. The van der Waals surface area contributed by atoms with Gasteiger partial charge in [-0.05, 0) is 42.3 Å². The topological polar surface area (TPSA) is 81.2 Å². The summed E-state index contributed by atoms with van der Waals surface area (Å²) < 4.78 is 33.0. The largest absolute Gasteiger partial charge is 0.476 e. The van der Waals surface area contributed by atoms with Gasteiger partial charge in [-0.1, -0.05) is 43.6 Å². The van der Waals surface area contributed by atoms with E-state index in [4.69, 9.17) is 16.3 Å². The molecule has 0 unspecified atom stereocenters. The van der Waals surface area contributed by atoms with Gasteiger partial charge in [-0.3, -0.25) is 4.72 Å². The second-order valence-corrected chi connectivity index (χ2v) is 8.72. The van der Waals surface area contributed by atoms with E-state index in [1.165, 1.54) is 12.1 Å². The molecule has 1 N–H and O–H groups in total. The van der Waals surface area contributed by atoms with Crippen molar-refractivity contribution in [2.45, 2.75) is 18.7 Å². The molecule has 0 amide bonds. The van der Waals surface area contributed by atoms with Crippen LogP contribution in [0.4, 0.5) is 5.69 Å². The smallest absolute Gasteiger partial charge is 0.261 e. The van der Waals surface area contributed by atoms with Crippen LogP contribution in [0.5, 0.6) is 5.88 Å². The van der Waals surface area contributed by atoms with Crippen molar-refractivity contribution < 1.29 is 13.2 Å². The van der Waals surface area contributed by atoms with E-state index in [-0.39, 0.29) is 4.90 Å². The molecule has 0 saturated heterocycles. The van der Waals surface area contributed by atoms with Gasteiger partial charge >= 0.3 is 0 Å². The summed E-state index contributed by atoms with van der Waals surface area (Å²) in [5.41, 5.74) is 1.92. The van der Waals surface area contributed by atoms with Crippen LogP contribution in [0.2, 0.25) is 5.02 Å². The first-order valence-electron chi connectivity index (χ1n) is 8.69. The number of ether oxygens (including phenoxy) is 1. The zero-order chi connectivity index (χ0) is 20.1. The summed E-state index contributed by atoms with van der Waals surface area (Å²) in [7, 11) is -3.71. The lowest BCUT2D eigenvalue weighted by molar-refractivity contribution is 0.258. The van der Waals surface area contributed by atoms with Crippen LogP contribution in [0.3, 0.4) is 0 Å². The Labute approximate surface area is 169 Å². The number of rotatable bonds is 7. The quantitative estimate of drug-likeness (QED) is 0.606. The Balaban J connectivity index is 1.71. The van der Waals surface area contributed by atoms with E-state index in [9.17, 15) is 8.42 Å². The molecule has 0 aliphatic carbocycles. The number of aromatic nitrogens is 2. The molecule has 1 heterocycles. The van der Waals surface area contributed by atoms with Crippen molar-refractivity contribution in [2.24, 2.45) is 5.92 Å². The normalized spacial score (nSPS) is 11.4. The molecule has 3 rings (SSSR count). The molecule has 0 atom stereocenters. The highest BCUT2D eigenvalue weighted by atomic mass is 35.5. The van der Waals surface area contributed by atoms with Crippen molar-refractivity contribution in [3.05, 3.63) is 65.7 Å². The van der Waals surface area contributed by atoms with Crippen LogP contribution in [-0.2, 0) is 10.0 Å². The zero-order valence-electron chi connectivity index (χ0n) is 15.5. The molecule has 0 spiro atoms.